The van der Waals surface area contributed by atoms with E-state index in [0.29, 0.717) is 5.92 Å². The van der Waals surface area contributed by atoms with Crippen LogP contribution in [-0.2, 0) is 13.1 Å². The largest absolute Gasteiger partial charge is 0.308 e. The van der Waals surface area contributed by atoms with Crippen LogP contribution in [0.15, 0.2) is 6.20 Å². The molecule has 1 aliphatic carbocycles. The van der Waals surface area contributed by atoms with E-state index in [9.17, 15) is 0 Å². The van der Waals surface area contributed by atoms with E-state index in [-0.39, 0.29) is 0 Å². The van der Waals surface area contributed by atoms with Crippen molar-refractivity contribution in [2.45, 2.75) is 45.8 Å². The SMILES string of the molecule is CC(C)Cn1cc(CNC2CC2)nn1. The van der Waals surface area contributed by atoms with Gasteiger partial charge in [0.15, 0.2) is 0 Å². The van der Waals surface area contributed by atoms with Crippen LogP contribution in [0, 0.1) is 5.92 Å². The van der Waals surface area contributed by atoms with Crippen LogP contribution in [0.2, 0.25) is 0 Å². The van der Waals surface area contributed by atoms with Gasteiger partial charge in [0.1, 0.15) is 0 Å². The van der Waals surface area contributed by atoms with Crippen molar-refractivity contribution in [3.8, 4) is 0 Å². The molecule has 1 fully saturated rings. The Balaban J connectivity index is 1.81. The first-order valence-corrected chi connectivity index (χ1v) is 5.36. The normalized spacial score (nSPS) is 16.5. The zero-order valence-corrected chi connectivity index (χ0v) is 8.90. The molecule has 1 heterocycles. The highest BCUT2D eigenvalue weighted by atomic mass is 15.4. The summed E-state index contributed by atoms with van der Waals surface area (Å²) in [5, 5.41) is 11.6. The van der Waals surface area contributed by atoms with Crippen molar-refractivity contribution >= 4 is 0 Å². The Labute approximate surface area is 84.7 Å². The van der Waals surface area contributed by atoms with Crippen molar-refractivity contribution in [3.05, 3.63) is 11.9 Å². The van der Waals surface area contributed by atoms with Gasteiger partial charge in [0.05, 0.1) is 5.69 Å². The fourth-order valence-electron chi connectivity index (χ4n) is 1.42. The summed E-state index contributed by atoms with van der Waals surface area (Å²) in [4.78, 5) is 0. The van der Waals surface area contributed by atoms with Gasteiger partial charge < -0.3 is 5.32 Å². The summed E-state index contributed by atoms with van der Waals surface area (Å²) < 4.78 is 1.93. The first-order chi connectivity index (χ1) is 6.74. The Morgan fingerprint density at radius 1 is 1.57 bits per heavy atom. The van der Waals surface area contributed by atoms with Gasteiger partial charge in [0.2, 0.25) is 0 Å². The van der Waals surface area contributed by atoms with E-state index in [4.69, 9.17) is 0 Å². The summed E-state index contributed by atoms with van der Waals surface area (Å²) in [6.07, 6.45) is 4.68. The molecule has 0 atom stereocenters. The van der Waals surface area contributed by atoms with Crippen LogP contribution in [0.25, 0.3) is 0 Å². The average Bonchev–Trinajstić information content (AvgIpc) is 2.84. The molecule has 0 amide bonds. The van der Waals surface area contributed by atoms with Crippen molar-refractivity contribution in [3.63, 3.8) is 0 Å². The van der Waals surface area contributed by atoms with Crippen LogP contribution in [0.1, 0.15) is 32.4 Å². The molecule has 0 saturated heterocycles. The first-order valence-electron chi connectivity index (χ1n) is 5.36. The number of nitrogens with zero attached hydrogens (tertiary/aromatic N) is 3. The third-order valence-electron chi connectivity index (χ3n) is 2.29. The lowest BCUT2D eigenvalue weighted by Gasteiger charge is -2.02. The molecule has 0 bridgehead atoms. The number of nitrogens with one attached hydrogen (secondary N) is 1. The van der Waals surface area contributed by atoms with Crippen molar-refractivity contribution in [2.75, 3.05) is 0 Å². The molecule has 2 rings (SSSR count). The Morgan fingerprint density at radius 2 is 2.36 bits per heavy atom. The van der Waals surface area contributed by atoms with Crippen molar-refractivity contribution in [1.29, 1.82) is 0 Å². The van der Waals surface area contributed by atoms with Crippen LogP contribution in [-0.4, -0.2) is 21.0 Å². The molecular formula is C10H18N4. The maximum absolute atomic E-state index is 4.12. The van der Waals surface area contributed by atoms with Crippen LogP contribution in [0.5, 0.6) is 0 Å². The van der Waals surface area contributed by atoms with Gasteiger partial charge in [-0.25, -0.2) is 0 Å². The maximum Gasteiger partial charge on any atom is 0.0964 e. The summed E-state index contributed by atoms with van der Waals surface area (Å²) in [6.45, 7) is 6.19. The molecule has 0 aliphatic heterocycles. The van der Waals surface area contributed by atoms with Crippen molar-refractivity contribution in [1.82, 2.24) is 20.3 Å². The van der Waals surface area contributed by atoms with Gasteiger partial charge in [0, 0.05) is 25.3 Å². The van der Waals surface area contributed by atoms with Crippen molar-refractivity contribution < 1.29 is 0 Å². The first kappa shape index (κ1) is 9.65. The fraction of sp³-hybridized carbons (Fsp3) is 0.800. The van der Waals surface area contributed by atoms with Gasteiger partial charge in [-0.1, -0.05) is 19.1 Å². The third-order valence-corrected chi connectivity index (χ3v) is 2.29. The number of hydrogen-bond donors (Lipinski definition) is 1. The van der Waals surface area contributed by atoms with Gasteiger partial charge >= 0.3 is 0 Å². The second-order valence-corrected chi connectivity index (χ2v) is 4.48. The molecule has 0 radical (unpaired) electrons. The Hall–Kier alpha value is -0.900. The molecular weight excluding hydrogens is 176 g/mol. The van der Waals surface area contributed by atoms with Gasteiger partial charge in [-0.2, -0.15) is 0 Å². The van der Waals surface area contributed by atoms with Crippen LogP contribution < -0.4 is 5.32 Å². The Kier molecular flexibility index (Phi) is 2.82. The Bertz CT molecular complexity index is 288. The lowest BCUT2D eigenvalue weighted by atomic mass is 10.2. The monoisotopic (exact) mass is 194 g/mol. The second kappa shape index (κ2) is 4.09. The van der Waals surface area contributed by atoms with Gasteiger partial charge in [-0.3, -0.25) is 4.68 Å². The number of rotatable bonds is 5. The van der Waals surface area contributed by atoms with E-state index in [0.717, 1.165) is 24.8 Å². The molecule has 1 saturated carbocycles. The van der Waals surface area contributed by atoms with Crippen LogP contribution in [0.4, 0.5) is 0 Å². The minimum atomic E-state index is 0.626. The molecule has 1 aliphatic rings. The average molecular weight is 194 g/mol. The molecule has 0 unspecified atom stereocenters. The van der Waals surface area contributed by atoms with E-state index in [1.807, 2.05) is 10.9 Å². The molecule has 78 valence electrons. The standard InChI is InChI=1S/C10H18N4/c1-8(2)6-14-7-10(12-13-14)5-11-9-3-4-9/h7-9,11H,3-6H2,1-2H3. The smallest absolute Gasteiger partial charge is 0.0964 e. The minimum Gasteiger partial charge on any atom is -0.308 e. The molecule has 14 heavy (non-hydrogen) atoms. The van der Waals surface area contributed by atoms with E-state index in [1.54, 1.807) is 0 Å². The summed E-state index contributed by atoms with van der Waals surface area (Å²) in [7, 11) is 0. The molecule has 0 spiro atoms. The van der Waals surface area contributed by atoms with Crippen molar-refractivity contribution in [2.24, 2.45) is 5.92 Å². The zero-order chi connectivity index (χ0) is 9.97. The predicted molar refractivity (Wildman–Crippen MR) is 54.7 cm³/mol. The molecule has 1 aromatic heterocycles. The lowest BCUT2D eigenvalue weighted by Crippen LogP contribution is -2.15. The molecule has 4 nitrogen and oxygen atoms in total. The van der Waals surface area contributed by atoms with Gasteiger partial charge in [-0.15, -0.1) is 5.10 Å². The van der Waals surface area contributed by atoms with Gasteiger partial charge in [0.25, 0.3) is 0 Å². The summed E-state index contributed by atoms with van der Waals surface area (Å²) >= 11 is 0. The fourth-order valence-corrected chi connectivity index (χ4v) is 1.42. The van der Waals surface area contributed by atoms with E-state index in [1.165, 1.54) is 12.8 Å². The minimum absolute atomic E-state index is 0.626. The number of aromatic nitrogens is 3. The molecule has 4 heteroatoms. The summed E-state index contributed by atoms with van der Waals surface area (Å²) in [5.74, 6) is 0.626. The lowest BCUT2D eigenvalue weighted by molar-refractivity contribution is 0.472. The molecule has 1 N–H and O–H groups in total. The van der Waals surface area contributed by atoms with Gasteiger partial charge in [-0.05, 0) is 18.8 Å². The highest BCUT2D eigenvalue weighted by molar-refractivity contribution is 4.94. The maximum atomic E-state index is 4.12. The quantitative estimate of drug-likeness (QED) is 0.765. The van der Waals surface area contributed by atoms with E-state index >= 15 is 0 Å². The highest BCUT2D eigenvalue weighted by Crippen LogP contribution is 2.18. The van der Waals surface area contributed by atoms with E-state index < -0.39 is 0 Å². The number of hydrogen-bond acceptors (Lipinski definition) is 3. The second-order valence-electron chi connectivity index (χ2n) is 4.48. The zero-order valence-electron chi connectivity index (χ0n) is 8.90. The highest BCUT2D eigenvalue weighted by Gasteiger charge is 2.20. The topological polar surface area (TPSA) is 42.7 Å². The summed E-state index contributed by atoms with van der Waals surface area (Å²) in [6, 6.07) is 0.741. The van der Waals surface area contributed by atoms with Crippen LogP contribution in [0.3, 0.4) is 0 Å². The Morgan fingerprint density at radius 3 is 3.00 bits per heavy atom. The van der Waals surface area contributed by atoms with Crippen LogP contribution >= 0.6 is 0 Å². The third kappa shape index (κ3) is 2.80. The summed E-state index contributed by atoms with van der Waals surface area (Å²) in [5.41, 5.74) is 1.05. The van der Waals surface area contributed by atoms with E-state index in [2.05, 4.69) is 29.5 Å². The molecule has 0 aromatic carbocycles. The predicted octanol–water partition coefficient (Wildman–Crippen LogP) is 1.19. The molecule has 1 aromatic rings.